The maximum absolute atomic E-state index is 10.8. The summed E-state index contributed by atoms with van der Waals surface area (Å²) in [7, 11) is 3.56. The number of carbonyl (C=O) groups excluding carboxylic acids is 2. The molecule has 4 nitrogen and oxygen atoms in total. The van der Waals surface area contributed by atoms with Crippen molar-refractivity contribution in [3.05, 3.63) is 0 Å². The average molecular weight is 266 g/mol. The highest BCUT2D eigenvalue weighted by molar-refractivity contribution is 7.98. The summed E-state index contributed by atoms with van der Waals surface area (Å²) in [5.41, 5.74) is 4.83. The van der Waals surface area contributed by atoms with Gasteiger partial charge in [-0.3, -0.25) is 9.59 Å². The summed E-state index contributed by atoms with van der Waals surface area (Å²) in [6, 6.07) is 0. The van der Waals surface area contributed by atoms with Crippen molar-refractivity contribution in [3.8, 4) is 0 Å². The maximum atomic E-state index is 10.8. The van der Waals surface area contributed by atoms with E-state index in [2.05, 4.69) is 0 Å². The molecule has 0 unspecified atom stereocenters. The summed E-state index contributed by atoms with van der Waals surface area (Å²) >= 11 is 3.33. The zero-order chi connectivity index (χ0) is 13.0. The topological polar surface area (TPSA) is 63.4 Å². The van der Waals surface area contributed by atoms with Crippen molar-refractivity contribution in [1.82, 2.24) is 4.90 Å². The van der Waals surface area contributed by atoms with Crippen LogP contribution >= 0.6 is 23.5 Å². The van der Waals surface area contributed by atoms with Crippen molar-refractivity contribution in [2.24, 2.45) is 5.73 Å². The molecule has 0 aliphatic carbocycles. The van der Waals surface area contributed by atoms with E-state index in [-0.39, 0.29) is 11.8 Å². The van der Waals surface area contributed by atoms with Gasteiger partial charge in [0.05, 0.1) is 0 Å². The molecule has 0 aliphatic rings. The highest BCUT2D eigenvalue weighted by atomic mass is 32.2. The van der Waals surface area contributed by atoms with Gasteiger partial charge in [0, 0.05) is 38.4 Å². The number of hydrogen-bond donors (Lipinski definition) is 1. The summed E-state index contributed by atoms with van der Waals surface area (Å²) in [4.78, 5) is 22.4. The number of amides is 2. The molecule has 0 fully saturated rings. The van der Waals surface area contributed by atoms with Gasteiger partial charge in [-0.2, -0.15) is 23.5 Å². The van der Waals surface area contributed by atoms with Crippen LogP contribution in [0.4, 0.5) is 0 Å². The number of carbonyl (C=O) groups is 2. The molecule has 0 aromatic rings. The van der Waals surface area contributed by atoms with E-state index < -0.39 is 0 Å². The van der Waals surface area contributed by atoms with E-state index >= 15 is 0 Å². The molecule has 0 aliphatic heterocycles. The number of rotatable bonds is 6. The van der Waals surface area contributed by atoms with Gasteiger partial charge in [-0.1, -0.05) is 0 Å². The molecule has 0 spiro atoms. The molecule has 96 valence electrons. The molecule has 0 bridgehead atoms. The Morgan fingerprint density at radius 3 is 1.75 bits per heavy atom. The minimum atomic E-state index is -0.214. The van der Waals surface area contributed by atoms with E-state index in [0.29, 0.717) is 12.8 Å². The fourth-order valence-corrected chi connectivity index (χ4v) is 1.40. The molecule has 0 atom stereocenters. The van der Waals surface area contributed by atoms with Crippen LogP contribution in [0.15, 0.2) is 0 Å². The van der Waals surface area contributed by atoms with Gasteiger partial charge in [-0.05, 0) is 12.5 Å². The number of nitrogens with zero attached hydrogens (tertiary/aromatic N) is 1. The first kappa shape index (κ1) is 18.0. The second kappa shape index (κ2) is 12.7. The smallest absolute Gasteiger partial charge is 0.222 e. The van der Waals surface area contributed by atoms with Gasteiger partial charge in [-0.25, -0.2) is 0 Å². The molecule has 16 heavy (non-hydrogen) atoms. The van der Waals surface area contributed by atoms with Gasteiger partial charge in [0.2, 0.25) is 11.8 Å². The van der Waals surface area contributed by atoms with Crippen molar-refractivity contribution < 1.29 is 9.59 Å². The molecule has 0 rings (SSSR count). The molecule has 0 radical (unpaired) electrons. The van der Waals surface area contributed by atoms with E-state index in [9.17, 15) is 9.59 Å². The van der Waals surface area contributed by atoms with E-state index in [0.717, 1.165) is 11.5 Å². The molecule has 2 N–H and O–H groups in total. The zero-order valence-corrected chi connectivity index (χ0v) is 12.1. The van der Waals surface area contributed by atoms with Gasteiger partial charge >= 0.3 is 0 Å². The van der Waals surface area contributed by atoms with Crippen molar-refractivity contribution in [2.45, 2.75) is 12.8 Å². The Kier molecular flexibility index (Phi) is 14.3. The molecule has 6 heteroatoms. The SMILES string of the molecule is CSCCC(=O)N(C)C.CSCCC(N)=O. The fourth-order valence-electron chi connectivity index (χ4n) is 0.616. The molecule has 0 heterocycles. The molecular weight excluding hydrogens is 244 g/mol. The standard InChI is InChI=1S/C6H13NOS.C4H9NOS/c1-7(2)6(8)4-5-9-3;1-7-3-2-4(5)6/h4-5H2,1-3H3;2-3H2,1H3,(H2,5,6). The molecule has 0 aromatic heterocycles. The van der Waals surface area contributed by atoms with Crippen molar-refractivity contribution >= 4 is 35.3 Å². The van der Waals surface area contributed by atoms with Crippen LogP contribution in [0.1, 0.15) is 12.8 Å². The fraction of sp³-hybridized carbons (Fsp3) is 0.800. The third kappa shape index (κ3) is 16.1. The lowest BCUT2D eigenvalue weighted by Gasteiger charge is -2.08. The van der Waals surface area contributed by atoms with Crippen LogP contribution in [0.2, 0.25) is 0 Å². The maximum Gasteiger partial charge on any atom is 0.222 e. The molecular formula is C10H22N2O2S2. The Labute approximate surface area is 107 Å². The van der Waals surface area contributed by atoms with Crippen LogP contribution in [0.5, 0.6) is 0 Å². The van der Waals surface area contributed by atoms with E-state index in [1.807, 2.05) is 12.5 Å². The van der Waals surface area contributed by atoms with Crippen molar-refractivity contribution in [2.75, 3.05) is 38.1 Å². The quantitative estimate of drug-likeness (QED) is 0.780. The van der Waals surface area contributed by atoms with Gasteiger partial charge < -0.3 is 10.6 Å². The van der Waals surface area contributed by atoms with Gasteiger partial charge in [-0.15, -0.1) is 0 Å². The zero-order valence-electron chi connectivity index (χ0n) is 10.5. The van der Waals surface area contributed by atoms with Crippen LogP contribution in [0.3, 0.4) is 0 Å². The number of thioether (sulfide) groups is 2. The van der Waals surface area contributed by atoms with Crippen LogP contribution in [0, 0.1) is 0 Å². The van der Waals surface area contributed by atoms with Crippen molar-refractivity contribution in [1.29, 1.82) is 0 Å². The van der Waals surface area contributed by atoms with Gasteiger partial charge in [0.25, 0.3) is 0 Å². The largest absolute Gasteiger partial charge is 0.370 e. The van der Waals surface area contributed by atoms with E-state index in [4.69, 9.17) is 5.73 Å². The lowest BCUT2D eigenvalue weighted by atomic mass is 10.4. The monoisotopic (exact) mass is 266 g/mol. The minimum Gasteiger partial charge on any atom is -0.370 e. The molecule has 0 aromatic carbocycles. The second-order valence-electron chi connectivity index (χ2n) is 3.24. The minimum absolute atomic E-state index is 0.212. The molecule has 0 saturated carbocycles. The molecule has 0 saturated heterocycles. The van der Waals surface area contributed by atoms with Crippen LogP contribution in [-0.2, 0) is 9.59 Å². The predicted molar refractivity (Wildman–Crippen MR) is 73.9 cm³/mol. The Morgan fingerprint density at radius 1 is 1.06 bits per heavy atom. The Balaban J connectivity index is 0. The van der Waals surface area contributed by atoms with E-state index in [1.54, 1.807) is 42.5 Å². The number of primary amides is 1. The van der Waals surface area contributed by atoms with Crippen molar-refractivity contribution in [3.63, 3.8) is 0 Å². The lowest BCUT2D eigenvalue weighted by Crippen LogP contribution is -2.21. The highest BCUT2D eigenvalue weighted by Gasteiger charge is 2.00. The average Bonchev–Trinajstić information content (AvgIpc) is 2.23. The van der Waals surface area contributed by atoms with E-state index in [1.165, 1.54) is 0 Å². The summed E-state index contributed by atoms with van der Waals surface area (Å²) in [6.07, 6.45) is 5.11. The highest BCUT2D eigenvalue weighted by Crippen LogP contribution is 1.96. The molecule has 2 amide bonds. The summed E-state index contributed by atoms with van der Waals surface area (Å²) in [5.74, 6) is 1.77. The third-order valence-corrected chi connectivity index (χ3v) is 2.80. The van der Waals surface area contributed by atoms with Gasteiger partial charge in [0.1, 0.15) is 0 Å². The Hall–Kier alpha value is -0.360. The Bertz CT molecular complexity index is 199. The summed E-state index contributed by atoms with van der Waals surface area (Å²) < 4.78 is 0. The van der Waals surface area contributed by atoms with Gasteiger partial charge in [0.15, 0.2) is 0 Å². The van der Waals surface area contributed by atoms with Crippen LogP contribution < -0.4 is 5.73 Å². The summed E-state index contributed by atoms with van der Waals surface area (Å²) in [5, 5.41) is 0. The normalized spacial score (nSPS) is 9.00. The first-order chi connectivity index (χ1) is 7.45. The predicted octanol–water partition coefficient (Wildman–Crippen LogP) is 1.05. The van der Waals surface area contributed by atoms with Crippen LogP contribution in [-0.4, -0.2) is 54.8 Å². The first-order valence-corrected chi connectivity index (χ1v) is 7.70. The number of nitrogens with two attached hydrogens (primary N) is 1. The second-order valence-corrected chi connectivity index (χ2v) is 5.21. The Morgan fingerprint density at radius 2 is 1.50 bits per heavy atom. The lowest BCUT2D eigenvalue weighted by molar-refractivity contribution is -0.128. The number of hydrogen-bond acceptors (Lipinski definition) is 4. The third-order valence-electron chi connectivity index (χ3n) is 1.57. The van der Waals surface area contributed by atoms with Crippen LogP contribution in [0.25, 0.3) is 0 Å². The first-order valence-electron chi connectivity index (χ1n) is 4.92. The summed E-state index contributed by atoms with van der Waals surface area (Å²) in [6.45, 7) is 0.